The minimum absolute atomic E-state index is 0.341. The van der Waals surface area contributed by atoms with Crippen LogP contribution in [0.5, 0.6) is 0 Å². The molecule has 0 aliphatic rings. The number of hydrogen-bond acceptors (Lipinski definition) is 4. The number of aromatic amines is 2. The highest BCUT2D eigenvalue weighted by Crippen LogP contribution is 2.13. The molecular formula is C7H10N6. The van der Waals surface area contributed by atoms with Crippen LogP contribution in [0.25, 0.3) is 11.5 Å². The normalized spacial score (nSPS) is 11.0. The van der Waals surface area contributed by atoms with Gasteiger partial charge in [-0.05, 0) is 0 Å². The van der Waals surface area contributed by atoms with Gasteiger partial charge in [0.05, 0.1) is 6.20 Å². The van der Waals surface area contributed by atoms with Crippen molar-refractivity contribution < 1.29 is 0 Å². The molecule has 68 valence electrons. The van der Waals surface area contributed by atoms with E-state index in [2.05, 4.69) is 30.6 Å². The predicted octanol–water partition coefficient (Wildman–Crippen LogP) is 0.713. The largest absolute Gasteiger partial charge is 0.262 e. The topological polar surface area (TPSA) is 83.1 Å². The van der Waals surface area contributed by atoms with E-state index in [9.17, 15) is 0 Å². The quantitative estimate of drug-likeness (QED) is 0.709. The van der Waals surface area contributed by atoms with Gasteiger partial charge in [0.15, 0.2) is 5.69 Å². The average molecular weight is 178 g/mol. The Morgan fingerprint density at radius 2 is 2.15 bits per heavy atom. The molecule has 0 saturated carbocycles. The fourth-order valence-electron chi connectivity index (χ4n) is 0.956. The molecule has 6 heteroatoms. The summed E-state index contributed by atoms with van der Waals surface area (Å²) in [5.41, 5.74) is 0.656. The smallest absolute Gasteiger partial charge is 0.203 e. The van der Waals surface area contributed by atoms with Crippen LogP contribution < -0.4 is 0 Å². The lowest BCUT2D eigenvalue weighted by Crippen LogP contribution is -1.89. The summed E-state index contributed by atoms with van der Waals surface area (Å²) >= 11 is 0. The van der Waals surface area contributed by atoms with Gasteiger partial charge in [-0.1, -0.05) is 13.8 Å². The van der Waals surface area contributed by atoms with Crippen LogP contribution in [0, 0.1) is 0 Å². The second-order valence-corrected chi connectivity index (χ2v) is 3.05. The van der Waals surface area contributed by atoms with Gasteiger partial charge in [0, 0.05) is 5.92 Å². The lowest BCUT2D eigenvalue weighted by molar-refractivity contribution is 0.781. The van der Waals surface area contributed by atoms with Crippen LogP contribution in [-0.2, 0) is 0 Å². The maximum absolute atomic E-state index is 4.26. The Bertz CT molecular complexity index is 373. The van der Waals surface area contributed by atoms with Crippen LogP contribution in [0.2, 0.25) is 0 Å². The number of rotatable bonds is 2. The third-order valence-electron chi connectivity index (χ3n) is 1.69. The molecule has 0 radical (unpaired) electrons. The van der Waals surface area contributed by atoms with E-state index in [4.69, 9.17) is 0 Å². The molecule has 0 aliphatic heterocycles. The Balaban J connectivity index is 2.33. The van der Waals surface area contributed by atoms with Crippen LogP contribution in [0.3, 0.4) is 0 Å². The van der Waals surface area contributed by atoms with Gasteiger partial charge >= 0.3 is 0 Å². The van der Waals surface area contributed by atoms with Crippen LogP contribution >= 0.6 is 0 Å². The van der Waals surface area contributed by atoms with E-state index in [0.717, 1.165) is 5.82 Å². The molecule has 2 heterocycles. The molecule has 0 unspecified atom stereocenters. The van der Waals surface area contributed by atoms with Crippen molar-refractivity contribution in [2.24, 2.45) is 0 Å². The van der Waals surface area contributed by atoms with Crippen molar-refractivity contribution >= 4 is 0 Å². The molecule has 6 nitrogen and oxygen atoms in total. The van der Waals surface area contributed by atoms with E-state index in [-0.39, 0.29) is 0 Å². The molecule has 2 aromatic heterocycles. The monoisotopic (exact) mass is 178 g/mol. The Morgan fingerprint density at radius 1 is 1.31 bits per heavy atom. The molecule has 0 amide bonds. The van der Waals surface area contributed by atoms with Crippen LogP contribution in [-0.4, -0.2) is 30.6 Å². The third kappa shape index (κ3) is 1.42. The average Bonchev–Trinajstić information content (AvgIpc) is 2.75. The van der Waals surface area contributed by atoms with E-state index in [0.29, 0.717) is 17.4 Å². The van der Waals surface area contributed by atoms with Gasteiger partial charge in [-0.25, -0.2) is 4.98 Å². The SMILES string of the molecule is CC(C)c1nc(-c2cn[nH]n2)n[nH]1. The van der Waals surface area contributed by atoms with Crippen LogP contribution in [0.15, 0.2) is 6.20 Å². The standard InChI is InChI=1S/C7H10N6/c1-4(2)6-9-7(12-11-6)5-3-8-13-10-5/h3-4H,1-2H3,(H,8,10,13)(H,9,11,12). The van der Waals surface area contributed by atoms with E-state index in [1.165, 1.54) is 0 Å². The van der Waals surface area contributed by atoms with Crippen molar-refractivity contribution in [1.29, 1.82) is 0 Å². The molecule has 0 atom stereocenters. The lowest BCUT2D eigenvalue weighted by atomic mass is 10.2. The first-order valence-electron chi connectivity index (χ1n) is 4.06. The number of H-pyrrole nitrogens is 2. The second kappa shape index (κ2) is 2.96. The van der Waals surface area contributed by atoms with E-state index < -0.39 is 0 Å². The minimum atomic E-state index is 0.341. The maximum atomic E-state index is 4.26. The Morgan fingerprint density at radius 3 is 2.69 bits per heavy atom. The zero-order valence-corrected chi connectivity index (χ0v) is 7.44. The lowest BCUT2D eigenvalue weighted by Gasteiger charge is -1.94. The number of nitrogens with one attached hydrogen (secondary N) is 2. The molecule has 0 aromatic carbocycles. The maximum Gasteiger partial charge on any atom is 0.203 e. The molecule has 0 saturated heterocycles. The summed E-state index contributed by atoms with van der Waals surface area (Å²) in [4.78, 5) is 4.26. The highest BCUT2D eigenvalue weighted by molar-refractivity contribution is 5.45. The molecule has 2 aromatic rings. The summed E-state index contributed by atoms with van der Waals surface area (Å²) in [6.07, 6.45) is 1.59. The Hall–Kier alpha value is -1.72. The van der Waals surface area contributed by atoms with Gasteiger partial charge in [0.2, 0.25) is 5.82 Å². The molecule has 2 N–H and O–H groups in total. The highest BCUT2D eigenvalue weighted by Gasteiger charge is 2.09. The van der Waals surface area contributed by atoms with Gasteiger partial charge < -0.3 is 0 Å². The first-order chi connectivity index (χ1) is 6.27. The number of aromatic nitrogens is 6. The van der Waals surface area contributed by atoms with Gasteiger partial charge in [0.1, 0.15) is 5.82 Å². The molecule has 0 spiro atoms. The first-order valence-corrected chi connectivity index (χ1v) is 4.06. The summed E-state index contributed by atoms with van der Waals surface area (Å²) < 4.78 is 0. The number of hydrogen-bond donors (Lipinski definition) is 2. The van der Waals surface area contributed by atoms with Crippen molar-refractivity contribution in [1.82, 2.24) is 30.6 Å². The summed E-state index contributed by atoms with van der Waals surface area (Å²) in [6, 6.07) is 0. The molecule has 2 rings (SSSR count). The fourth-order valence-corrected chi connectivity index (χ4v) is 0.956. The van der Waals surface area contributed by atoms with Crippen molar-refractivity contribution in [2.75, 3.05) is 0 Å². The van der Waals surface area contributed by atoms with Crippen molar-refractivity contribution in [3.05, 3.63) is 12.0 Å². The van der Waals surface area contributed by atoms with Crippen molar-refractivity contribution in [3.8, 4) is 11.5 Å². The van der Waals surface area contributed by atoms with Crippen molar-refractivity contribution in [2.45, 2.75) is 19.8 Å². The summed E-state index contributed by atoms with van der Waals surface area (Å²) in [7, 11) is 0. The van der Waals surface area contributed by atoms with Crippen molar-refractivity contribution in [3.63, 3.8) is 0 Å². The van der Waals surface area contributed by atoms with E-state index in [1.54, 1.807) is 6.20 Å². The molecule has 0 bridgehead atoms. The fraction of sp³-hybridized carbons (Fsp3) is 0.429. The van der Waals surface area contributed by atoms with Crippen LogP contribution in [0.1, 0.15) is 25.6 Å². The molecule has 13 heavy (non-hydrogen) atoms. The Labute approximate surface area is 74.8 Å². The molecular weight excluding hydrogens is 168 g/mol. The second-order valence-electron chi connectivity index (χ2n) is 3.05. The zero-order chi connectivity index (χ0) is 9.26. The van der Waals surface area contributed by atoms with Gasteiger partial charge in [-0.15, -0.1) is 0 Å². The summed E-state index contributed by atoms with van der Waals surface area (Å²) in [6.45, 7) is 4.10. The first kappa shape index (κ1) is 7.90. The van der Waals surface area contributed by atoms with E-state index in [1.807, 2.05) is 13.8 Å². The third-order valence-corrected chi connectivity index (χ3v) is 1.69. The highest BCUT2D eigenvalue weighted by atomic mass is 15.3. The minimum Gasteiger partial charge on any atom is -0.262 e. The van der Waals surface area contributed by atoms with Gasteiger partial charge in [0.25, 0.3) is 0 Å². The molecule has 0 fully saturated rings. The van der Waals surface area contributed by atoms with Gasteiger partial charge in [-0.3, -0.25) is 5.10 Å². The predicted molar refractivity (Wildman–Crippen MR) is 45.8 cm³/mol. The number of nitrogens with zero attached hydrogens (tertiary/aromatic N) is 4. The summed E-state index contributed by atoms with van der Waals surface area (Å²) in [5, 5.41) is 16.9. The molecule has 0 aliphatic carbocycles. The summed E-state index contributed by atoms with van der Waals surface area (Å²) in [5.74, 6) is 1.78. The van der Waals surface area contributed by atoms with Gasteiger partial charge in [-0.2, -0.15) is 20.5 Å². The Kier molecular flexibility index (Phi) is 1.80. The zero-order valence-electron chi connectivity index (χ0n) is 7.44. The van der Waals surface area contributed by atoms with E-state index >= 15 is 0 Å². The van der Waals surface area contributed by atoms with Crippen LogP contribution in [0.4, 0.5) is 0 Å².